The molecule has 0 unspecified atom stereocenters. The van der Waals surface area contributed by atoms with Gasteiger partial charge in [-0.2, -0.15) is 8.78 Å². The predicted octanol–water partition coefficient (Wildman–Crippen LogP) is 3.78. The fourth-order valence-electron chi connectivity index (χ4n) is 3.02. The zero-order valence-corrected chi connectivity index (χ0v) is 16.5. The third kappa shape index (κ3) is 5.04. The van der Waals surface area contributed by atoms with Gasteiger partial charge in [-0.1, -0.05) is 12.1 Å². The maximum Gasteiger partial charge on any atom is 0.387 e. The highest BCUT2D eigenvalue weighted by Crippen LogP contribution is 2.36. The van der Waals surface area contributed by atoms with Crippen molar-refractivity contribution in [3.05, 3.63) is 47.7 Å². The molecule has 1 N–H and O–H groups in total. The largest absolute Gasteiger partial charge is 0.490 e. The summed E-state index contributed by atoms with van der Waals surface area (Å²) in [7, 11) is 0. The number of halogens is 2. The summed E-state index contributed by atoms with van der Waals surface area (Å²) < 4.78 is 40.3. The highest BCUT2D eigenvalue weighted by Gasteiger charge is 2.36. The van der Waals surface area contributed by atoms with E-state index in [2.05, 4.69) is 16.6 Å². The molecule has 0 aliphatic carbocycles. The summed E-state index contributed by atoms with van der Waals surface area (Å²) >= 11 is 0. The standard InChI is InChI=1S/C20H24F2N2O5/c1-5-10-24-12(4)16(18(25)28-7-3)17(23-20(24)26)13-8-9-14(29-19(21)22)15(11-13)27-6-2/h5,8-9,11,17,19H,1,6-7,10H2,2-4H3,(H,23,26)/t17-/m0/s1. The van der Waals surface area contributed by atoms with Crippen molar-refractivity contribution in [3.63, 3.8) is 0 Å². The van der Waals surface area contributed by atoms with Gasteiger partial charge in [0, 0.05) is 12.2 Å². The Morgan fingerprint density at radius 1 is 1.31 bits per heavy atom. The zero-order valence-electron chi connectivity index (χ0n) is 16.5. The number of nitrogens with zero attached hydrogens (tertiary/aromatic N) is 1. The minimum Gasteiger partial charge on any atom is -0.490 e. The second-order valence-corrected chi connectivity index (χ2v) is 6.02. The number of carbonyl (C=O) groups excluding carboxylic acids is 2. The van der Waals surface area contributed by atoms with E-state index in [1.807, 2.05) is 0 Å². The molecule has 1 heterocycles. The van der Waals surface area contributed by atoms with Gasteiger partial charge in [0.05, 0.1) is 24.8 Å². The molecule has 0 saturated heterocycles. The first-order chi connectivity index (χ1) is 13.8. The van der Waals surface area contributed by atoms with Gasteiger partial charge in [0.15, 0.2) is 11.5 Å². The molecule has 1 aromatic carbocycles. The van der Waals surface area contributed by atoms with Gasteiger partial charge in [0.2, 0.25) is 0 Å². The van der Waals surface area contributed by atoms with E-state index in [4.69, 9.17) is 9.47 Å². The van der Waals surface area contributed by atoms with Crippen molar-refractivity contribution in [2.24, 2.45) is 0 Å². The van der Waals surface area contributed by atoms with Crippen molar-refractivity contribution in [2.45, 2.75) is 33.4 Å². The lowest BCUT2D eigenvalue weighted by molar-refractivity contribution is -0.139. The number of alkyl halides is 2. The van der Waals surface area contributed by atoms with E-state index in [0.717, 1.165) is 0 Å². The van der Waals surface area contributed by atoms with Crippen LogP contribution in [0.5, 0.6) is 11.5 Å². The average Bonchev–Trinajstić information content (AvgIpc) is 2.66. The highest BCUT2D eigenvalue weighted by molar-refractivity contribution is 5.95. The Morgan fingerprint density at radius 3 is 2.62 bits per heavy atom. The van der Waals surface area contributed by atoms with Crippen LogP contribution in [0.4, 0.5) is 13.6 Å². The van der Waals surface area contributed by atoms with E-state index < -0.39 is 24.7 Å². The number of hydrogen-bond donors (Lipinski definition) is 1. The normalized spacial score (nSPS) is 16.6. The third-order valence-electron chi connectivity index (χ3n) is 4.22. The molecule has 7 nitrogen and oxygen atoms in total. The predicted molar refractivity (Wildman–Crippen MR) is 102 cm³/mol. The first-order valence-electron chi connectivity index (χ1n) is 9.12. The summed E-state index contributed by atoms with van der Waals surface area (Å²) in [6, 6.07) is 2.99. The van der Waals surface area contributed by atoms with Crippen LogP contribution in [-0.2, 0) is 9.53 Å². The van der Waals surface area contributed by atoms with Crippen molar-refractivity contribution in [1.29, 1.82) is 0 Å². The highest BCUT2D eigenvalue weighted by atomic mass is 19.3. The third-order valence-corrected chi connectivity index (χ3v) is 4.22. The van der Waals surface area contributed by atoms with Gasteiger partial charge in [0.25, 0.3) is 0 Å². The molecule has 2 rings (SSSR count). The van der Waals surface area contributed by atoms with Crippen LogP contribution in [-0.4, -0.2) is 43.3 Å². The smallest absolute Gasteiger partial charge is 0.387 e. The molecular weight excluding hydrogens is 386 g/mol. The van der Waals surface area contributed by atoms with Crippen LogP contribution in [0.15, 0.2) is 42.1 Å². The zero-order chi connectivity index (χ0) is 21.6. The van der Waals surface area contributed by atoms with E-state index >= 15 is 0 Å². The Kier molecular flexibility index (Phi) is 7.58. The summed E-state index contributed by atoms with van der Waals surface area (Å²) in [5, 5.41) is 2.75. The summed E-state index contributed by atoms with van der Waals surface area (Å²) in [4.78, 5) is 26.6. The number of urea groups is 1. The van der Waals surface area contributed by atoms with Crippen LogP contribution in [0.1, 0.15) is 32.4 Å². The Balaban J connectivity index is 2.54. The molecule has 2 amide bonds. The van der Waals surface area contributed by atoms with Gasteiger partial charge >= 0.3 is 18.6 Å². The molecule has 29 heavy (non-hydrogen) atoms. The Bertz CT molecular complexity index is 810. The lowest BCUT2D eigenvalue weighted by Crippen LogP contribution is -2.48. The van der Waals surface area contributed by atoms with Crippen LogP contribution in [0.2, 0.25) is 0 Å². The quantitative estimate of drug-likeness (QED) is 0.495. The SMILES string of the molecule is C=CCN1C(=O)N[C@@H](c2ccc(OC(F)F)c(OCC)c2)C(C(=O)OCC)=C1C. The van der Waals surface area contributed by atoms with Crippen LogP contribution in [0, 0.1) is 0 Å². The molecule has 0 radical (unpaired) electrons. The maximum absolute atomic E-state index is 12.6. The molecule has 0 aromatic heterocycles. The number of ether oxygens (including phenoxy) is 3. The minimum absolute atomic E-state index is 0.0777. The fraction of sp³-hybridized carbons (Fsp3) is 0.400. The molecule has 9 heteroatoms. The summed E-state index contributed by atoms with van der Waals surface area (Å²) in [5.74, 6) is -0.650. The molecule has 1 aliphatic heterocycles. The second kappa shape index (κ2) is 9.90. The van der Waals surface area contributed by atoms with Gasteiger partial charge in [0.1, 0.15) is 0 Å². The first-order valence-corrected chi connectivity index (χ1v) is 9.12. The molecular formula is C20H24F2N2O5. The molecule has 1 aliphatic rings. The number of rotatable bonds is 9. The topological polar surface area (TPSA) is 77.1 Å². The molecule has 1 aromatic rings. The minimum atomic E-state index is -3.01. The number of esters is 1. The Morgan fingerprint density at radius 2 is 2.03 bits per heavy atom. The maximum atomic E-state index is 12.6. The number of allylic oxidation sites excluding steroid dienone is 1. The van der Waals surface area contributed by atoms with Crippen molar-refractivity contribution in [2.75, 3.05) is 19.8 Å². The number of carbonyl (C=O) groups is 2. The van der Waals surface area contributed by atoms with E-state index in [-0.39, 0.29) is 36.8 Å². The molecule has 1 atom stereocenters. The van der Waals surface area contributed by atoms with Crippen LogP contribution in [0.3, 0.4) is 0 Å². The van der Waals surface area contributed by atoms with Gasteiger partial charge < -0.3 is 19.5 Å². The van der Waals surface area contributed by atoms with Crippen LogP contribution >= 0.6 is 0 Å². The van der Waals surface area contributed by atoms with Crippen LogP contribution < -0.4 is 14.8 Å². The number of hydrogen-bond acceptors (Lipinski definition) is 5. The average molecular weight is 410 g/mol. The van der Waals surface area contributed by atoms with Gasteiger partial charge in [-0.25, -0.2) is 9.59 Å². The lowest BCUT2D eigenvalue weighted by atomic mass is 9.94. The van der Waals surface area contributed by atoms with Crippen LogP contribution in [0.25, 0.3) is 0 Å². The first kappa shape index (κ1) is 22.2. The molecule has 0 fully saturated rings. The number of nitrogens with one attached hydrogen (secondary N) is 1. The number of amides is 2. The van der Waals surface area contributed by atoms with E-state index in [9.17, 15) is 18.4 Å². The van der Waals surface area contributed by atoms with E-state index in [0.29, 0.717) is 11.3 Å². The van der Waals surface area contributed by atoms with Crippen molar-refractivity contribution in [1.82, 2.24) is 10.2 Å². The lowest BCUT2D eigenvalue weighted by Gasteiger charge is -2.35. The molecule has 0 saturated carbocycles. The Hall–Kier alpha value is -3.10. The molecule has 0 spiro atoms. The van der Waals surface area contributed by atoms with Gasteiger partial charge in [-0.3, -0.25) is 4.90 Å². The molecule has 0 bridgehead atoms. The van der Waals surface area contributed by atoms with E-state index in [1.54, 1.807) is 20.8 Å². The van der Waals surface area contributed by atoms with Gasteiger partial charge in [-0.15, -0.1) is 6.58 Å². The van der Waals surface area contributed by atoms with Crippen molar-refractivity contribution >= 4 is 12.0 Å². The summed E-state index contributed by atoms with van der Waals surface area (Å²) in [5.41, 5.74) is 1.12. The van der Waals surface area contributed by atoms with E-state index in [1.165, 1.54) is 29.2 Å². The van der Waals surface area contributed by atoms with Crippen molar-refractivity contribution < 1.29 is 32.6 Å². The second-order valence-electron chi connectivity index (χ2n) is 6.02. The fourth-order valence-corrected chi connectivity index (χ4v) is 3.02. The summed E-state index contributed by atoms with van der Waals surface area (Å²) in [6.07, 6.45) is 1.54. The monoisotopic (exact) mass is 410 g/mol. The number of benzene rings is 1. The molecule has 158 valence electrons. The van der Waals surface area contributed by atoms with Crippen molar-refractivity contribution in [3.8, 4) is 11.5 Å². The van der Waals surface area contributed by atoms with Gasteiger partial charge in [-0.05, 0) is 38.5 Å². The Labute approximate surface area is 167 Å². The summed E-state index contributed by atoms with van der Waals surface area (Å²) in [6.45, 7) is 6.19.